The van der Waals surface area contributed by atoms with Crippen molar-refractivity contribution in [2.75, 3.05) is 19.7 Å². The van der Waals surface area contributed by atoms with E-state index in [1.165, 1.54) is 0 Å². The third-order valence-electron chi connectivity index (χ3n) is 3.27. The Hall–Kier alpha value is -1.40. The van der Waals surface area contributed by atoms with Crippen molar-refractivity contribution < 1.29 is 14.1 Å². The van der Waals surface area contributed by atoms with Crippen LogP contribution in [0.2, 0.25) is 0 Å². The molecule has 19 heavy (non-hydrogen) atoms. The molecule has 1 atom stereocenters. The van der Waals surface area contributed by atoms with E-state index < -0.39 is 6.10 Å². The van der Waals surface area contributed by atoms with Crippen LogP contribution >= 0.6 is 0 Å². The van der Waals surface area contributed by atoms with Gasteiger partial charge in [0.25, 0.3) is 5.91 Å². The minimum atomic E-state index is -0.399. The molecule has 1 aliphatic rings. The molecule has 1 aliphatic heterocycles. The Morgan fingerprint density at radius 2 is 2.32 bits per heavy atom. The fourth-order valence-corrected chi connectivity index (χ4v) is 2.16. The van der Waals surface area contributed by atoms with Crippen LogP contribution in [-0.4, -0.2) is 36.9 Å². The predicted octanol–water partition coefficient (Wildman–Crippen LogP) is 0.404. The molecule has 0 aliphatic carbocycles. The molecule has 0 radical (unpaired) electrons. The lowest BCUT2D eigenvalue weighted by Gasteiger charge is -2.22. The van der Waals surface area contributed by atoms with Gasteiger partial charge in [-0.2, -0.15) is 0 Å². The Kier molecular flexibility index (Phi) is 4.93. The van der Waals surface area contributed by atoms with Crippen LogP contribution in [0.25, 0.3) is 0 Å². The number of ether oxygens (including phenoxy) is 1. The summed E-state index contributed by atoms with van der Waals surface area (Å²) in [6, 6.07) is 0. The third kappa shape index (κ3) is 3.33. The summed E-state index contributed by atoms with van der Waals surface area (Å²) in [6.45, 7) is 6.43. The maximum Gasteiger partial charge on any atom is 0.250 e. The highest BCUT2D eigenvalue weighted by Crippen LogP contribution is 2.15. The zero-order valence-corrected chi connectivity index (χ0v) is 11.5. The van der Waals surface area contributed by atoms with E-state index in [0.29, 0.717) is 19.7 Å². The van der Waals surface area contributed by atoms with E-state index in [4.69, 9.17) is 9.26 Å². The average Bonchev–Trinajstić information content (AvgIpc) is 2.87. The van der Waals surface area contributed by atoms with Crippen LogP contribution in [0.15, 0.2) is 4.52 Å². The highest BCUT2D eigenvalue weighted by Gasteiger charge is 2.22. The molecular weight excluding hydrogens is 246 g/mol. The number of aryl methyl sites for hydroxylation is 2. The molecule has 1 amide bonds. The van der Waals surface area contributed by atoms with Gasteiger partial charge in [-0.15, -0.1) is 0 Å². The number of hydrogen-bond acceptors (Lipinski definition) is 5. The van der Waals surface area contributed by atoms with Crippen molar-refractivity contribution in [2.45, 2.75) is 39.3 Å². The largest absolute Gasteiger partial charge is 0.366 e. The summed E-state index contributed by atoms with van der Waals surface area (Å²) >= 11 is 0. The maximum absolute atomic E-state index is 12.0. The molecule has 106 valence electrons. The van der Waals surface area contributed by atoms with Crippen LogP contribution in [-0.2, 0) is 28.9 Å². The second kappa shape index (κ2) is 6.68. The normalized spacial score (nSPS) is 19.4. The lowest BCUT2D eigenvalue weighted by atomic mass is 10.1. The predicted molar refractivity (Wildman–Crippen MR) is 69.7 cm³/mol. The minimum Gasteiger partial charge on any atom is -0.366 e. The van der Waals surface area contributed by atoms with Crippen LogP contribution in [0.3, 0.4) is 0 Å². The Balaban J connectivity index is 1.94. The highest BCUT2D eigenvalue weighted by atomic mass is 16.5. The van der Waals surface area contributed by atoms with E-state index >= 15 is 0 Å². The number of aromatic nitrogens is 1. The molecular formula is C13H21N3O3. The number of nitrogens with one attached hydrogen (secondary N) is 2. The van der Waals surface area contributed by atoms with Crippen molar-refractivity contribution in [2.24, 2.45) is 0 Å². The molecule has 0 spiro atoms. The Morgan fingerprint density at radius 1 is 1.47 bits per heavy atom. The van der Waals surface area contributed by atoms with Crippen molar-refractivity contribution in [1.82, 2.24) is 15.8 Å². The fraction of sp³-hybridized carbons (Fsp3) is 0.692. The first kappa shape index (κ1) is 14.0. The smallest absolute Gasteiger partial charge is 0.250 e. The quantitative estimate of drug-likeness (QED) is 0.808. The Morgan fingerprint density at radius 3 is 2.95 bits per heavy atom. The van der Waals surface area contributed by atoms with Crippen LogP contribution in [0, 0.1) is 0 Å². The van der Waals surface area contributed by atoms with E-state index in [9.17, 15) is 4.79 Å². The summed E-state index contributed by atoms with van der Waals surface area (Å²) in [5, 5.41) is 10.1. The molecule has 2 heterocycles. The summed E-state index contributed by atoms with van der Waals surface area (Å²) in [4.78, 5) is 12.0. The molecule has 1 aromatic rings. The summed E-state index contributed by atoms with van der Waals surface area (Å²) in [5.74, 6) is 0.761. The van der Waals surface area contributed by atoms with Crippen molar-refractivity contribution in [3.05, 3.63) is 17.0 Å². The van der Waals surface area contributed by atoms with Crippen molar-refractivity contribution >= 4 is 5.91 Å². The van der Waals surface area contributed by atoms with Gasteiger partial charge < -0.3 is 19.9 Å². The van der Waals surface area contributed by atoms with E-state index in [1.54, 1.807) is 0 Å². The highest BCUT2D eigenvalue weighted by molar-refractivity contribution is 5.81. The van der Waals surface area contributed by atoms with Gasteiger partial charge in [-0.25, -0.2) is 0 Å². The Bertz CT molecular complexity index is 403. The SMILES string of the molecule is CCc1noc(CC)c1CNC(=O)C1CNCCO1. The number of amides is 1. The fourth-order valence-electron chi connectivity index (χ4n) is 2.16. The molecule has 1 aromatic heterocycles. The van der Waals surface area contributed by atoms with Gasteiger partial charge in [-0.3, -0.25) is 4.79 Å². The van der Waals surface area contributed by atoms with Gasteiger partial charge in [0.1, 0.15) is 11.9 Å². The topological polar surface area (TPSA) is 76.4 Å². The summed E-state index contributed by atoms with van der Waals surface area (Å²) in [5.41, 5.74) is 1.92. The van der Waals surface area contributed by atoms with Gasteiger partial charge in [0.15, 0.2) is 0 Å². The summed E-state index contributed by atoms with van der Waals surface area (Å²) in [7, 11) is 0. The lowest BCUT2D eigenvalue weighted by molar-refractivity contribution is -0.134. The average molecular weight is 267 g/mol. The number of carbonyl (C=O) groups excluding carboxylic acids is 1. The molecule has 1 saturated heterocycles. The number of morpholine rings is 1. The first-order valence-corrected chi connectivity index (χ1v) is 6.82. The van der Waals surface area contributed by atoms with Gasteiger partial charge >= 0.3 is 0 Å². The molecule has 2 N–H and O–H groups in total. The first-order chi connectivity index (χ1) is 9.26. The van der Waals surface area contributed by atoms with Crippen LogP contribution in [0.5, 0.6) is 0 Å². The number of hydrogen-bond donors (Lipinski definition) is 2. The molecule has 0 saturated carbocycles. The lowest BCUT2D eigenvalue weighted by Crippen LogP contribution is -2.47. The number of rotatable bonds is 5. The minimum absolute atomic E-state index is 0.0856. The maximum atomic E-state index is 12.0. The summed E-state index contributed by atoms with van der Waals surface area (Å²) < 4.78 is 10.7. The van der Waals surface area contributed by atoms with Crippen molar-refractivity contribution in [3.63, 3.8) is 0 Å². The first-order valence-electron chi connectivity index (χ1n) is 6.82. The van der Waals surface area contributed by atoms with Crippen LogP contribution < -0.4 is 10.6 Å². The van der Waals surface area contributed by atoms with E-state index in [0.717, 1.165) is 36.4 Å². The van der Waals surface area contributed by atoms with Gasteiger partial charge in [-0.1, -0.05) is 19.0 Å². The molecule has 1 fully saturated rings. The number of carbonyl (C=O) groups is 1. The molecule has 6 nitrogen and oxygen atoms in total. The van der Waals surface area contributed by atoms with Crippen LogP contribution in [0.1, 0.15) is 30.9 Å². The molecule has 0 bridgehead atoms. The van der Waals surface area contributed by atoms with Gasteiger partial charge in [-0.05, 0) is 6.42 Å². The second-order valence-electron chi connectivity index (χ2n) is 4.52. The molecule has 1 unspecified atom stereocenters. The van der Waals surface area contributed by atoms with E-state index in [-0.39, 0.29) is 5.91 Å². The van der Waals surface area contributed by atoms with Gasteiger partial charge in [0.2, 0.25) is 0 Å². The Labute approximate surface area is 112 Å². The van der Waals surface area contributed by atoms with Gasteiger partial charge in [0, 0.05) is 31.6 Å². The molecule has 0 aromatic carbocycles. The second-order valence-corrected chi connectivity index (χ2v) is 4.52. The van der Waals surface area contributed by atoms with E-state index in [2.05, 4.69) is 15.8 Å². The van der Waals surface area contributed by atoms with Crippen molar-refractivity contribution in [3.8, 4) is 0 Å². The molecule has 2 rings (SSSR count). The zero-order chi connectivity index (χ0) is 13.7. The van der Waals surface area contributed by atoms with E-state index in [1.807, 2.05) is 13.8 Å². The monoisotopic (exact) mass is 267 g/mol. The van der Waals surface area contributed by atoms with Crippen LogP contribution in [0.4, 0.5) is 0 Å². The molecule has 6 heteroatoms. The van der Waals surface area contributed by atoms with Gasteiger partial charge in [0.05, 0.1) is 12.3 Å². The number of nitrogens with zero attached hydrogens (tertiary/aromatic N) is 1. The van der Waals surface area contributed by atoms with Crippen molar-refractivity contribution in [1.29, 1.82) is 0 Å². The zero-order valence-electron chi connectivity index (χ0n) is 11.5. The third-order valence-corrected chi connectivity index (χ3v) is 3.27. The standard InChI is InChI=1S/C13H21N3O3/c1-3-10-9(11(4-2)19-16-10)7-15-13(17)12-8-14-5-6-18-12/h12,14H,3-8H2,1-2H3,(H,15,17). The summed E-state index contributed by atoms with van der Waals surface area (Å²) in [6.07, 6.45) is 1.18.